The van der Waals surface area contributed by atoms with Crippen LogP contribution in [-0.4, -0.2) is 36.2 Å². The van der Waals surface area contributed by atoms with E-state index in [1.165, 1.54) is 5.56 Å². The molecule has 0 unspecified atom stereocenters. The third-order valence-electron chi connectivity index (χ3n) is 4.43. The van der Waals surface area contributed by atoms with Gasteiger partial charge in [0.15, 0.2) is 9.84 Å². The Morgan fingerprint density at radius 3 is 2.75 bits per heavy atom. The van der Waals surface area contributed by atoms with Crippen molar-refractivity contribution >= 4 is 21.4 Å². The van der Waals surface area contributed by atoms with Gasteiger partial charge < -0.3 is 5.32 Å². The van der Waals surface area contributed by atoms with E-state index in [9.17, 15) is 8.42 Å². The van der Waals surface area contributed by atoms with Gasteiger partial charge in [0.1, 0.15) is 5.15 Å². The van der Waals surface area contributed by atoms with Gasteiger partial charge in [-0.15, -0.1) is 0 Å². The number of hydrogen-bond acceptors (Lipinski definition) is 4. The van der Waals surface area contributed by atoms with Crippen LogP contribution in [0.3, 0.4) is 0 Å². The number of aromatic nitrogens is 2. The number of rotatable bonds is 6. The van der Waals surface area contributed by atoms with Gasteiger partial charge in [-0.05, 0) is 31.9 Å². The van der Waals surface area contributed by atoms with E-state index in [0.29, 0.717) is 18.1 Å². The van der Waals surface area contributed by atoms with E-state index in [-0.39, 0.29) is 17.5 Å². The normalized spacial score (nSPS) is 19.7. The molecule has 2 heterocycles. The first kappa shape index (κ1) is 17.5. The Morgan fingerprint density at radius 1 is 1.33 bits per heavy atom. The van der Waals surface area contributed by atoms with Crippen LogP contribution in [0.5, 0.6) is 0 Å². The molecule has 0 bridgehead atoms. The van der Waals surface area contributed by atoms with Crippen LogP contribution in [0, 0.1) is 6.92 Å². The standard InChI is InChI=1S/C17H22ClN3O2S/c1-13-16(11-19-9-7-14-5-3-2-4-6-14)17(18)21(20-13)15-8-10-24(22,23)12-15/h2-6,15,19H,7-12H2,1H3/t15-/m0/s1. The van der Waals surface area contributed by atoms with Crippen molar-refractivity contribution < 1.29 is 8.42 Å². The Morgan fingerprint density at radius 2 is 2.08 bits per heavy atom. The van der Waals surface area contributed by atoms with E-state index in [0.717, 1.165) is 24.2 Å². The summed E-state index contributed by atoms with van der Waals surface area (Å²) in [7, 11) is -2.95. The summed E-state index contributed by atoms with van der Waals surface area (Å²) in [5, 5.41) is 8.43. The van der Waals surface area contributed by atoms with Crippen molar-refractivity contribution in [3.63, 3.8) is 0 Å². The zero-order valence-corrected chi connectivity index (χ0v) is 15.3. The summed E-state index contributed by atoms with van der Waals surface area (Å²) >= 11 is 6.46. The molecule has 7 heteroatoms. The molecule has 1 saturated heterocycles. The van der Waals surface area contributed by atoms with Gasteiger partial charge in [-0.1, -0.05) is 41.9 Å². The topological polar surface area (TPSA) is 64.0 Å². The lowest BCUT2D eigenvalue weighted by atomic mass is 10.1. The average molecular weight is 368 g/mol. The quantitative estimate of drug-likeness (QED) is 0.797. The third-order valence-corrected chi connectivity index (χ3v) is 6.59. The van der Waals surface area contributed by atoms with Gasteiger partial charge in [0.2, 0.25) is 0 Å². The Labute approximate surface area is 147 Å². The maximum Gasteiger partial charge on any atom is 0.152 e. The van der Waals surface area contributed by atoms with Crippen molar-refractivity contribution in [2.45, 2.75) is 32.4 Å². The molecule has 1 fully saturated rings. The molecule has 0 aliphatic carbocycles. The summed E-state index contributed by atoms with van der Waals surface area (Å²) in [6, 6.07) is 10.2. The summed E-state index contributed by atoms with van der Waals surface area (Å²) < 4.78 is 25.0. The van der Waals surface area contributed by atoms with Gasteiger partial charge >= 0.3 is 0 Å². The van der Waals surface area contributed by atoms with Crippen molar-refractivity contribution in [1.29, 1.82) is 0 Å². The van der Waals surface area contributed by atoms with Gasteiger partial charge in [0.25, 0.3) is 0 Å². The van der Waals surface area contributed by atoms with E-state index in [1.807, 2.05) is 25.1 Å². The highest BCUT2D eigenvalue weighted by Gasteiger charge is 2.31. The summed E-state index contributed by atoms with van der Waals surface area (Å²) in [6.07, 6.45) is 1.54. The average Bonchev–Trinajstić information content (AvgIpc) is 3.05. The number of hydrogen-bond donors (Lipinski definition) is 1. The molecule has 5 nitrogen and oxygen atoms in total. The van der Waals surface area contributed by atoms with Crippen LogP contribution in [0.4, 0.5) is 0 Å². The molecular weight excluding hydrogens is 346 g/mol. The molecule has 0 amide bonds. The van der Waals surface area contributed by atoms with Crippen LogP contribution in [0.2, 0.25) is 5.15 Å². The maximum atomic E-state index is 11.7. The molecule has 1 aliphatic rings. The molecule has 1 aromatic heterocycles. The highest BCUT2D eigenvalue weighted by atomic mass is 35.5. The number of sulfone groups is 1. The van der Waals surface area contributed by atoms with Crippen molar-refractivity contribution in [2.24, 2.45) is 0 Å². The highest BCUT2D eigenvalue weighted by molar-refractivity contribution is 7.91. The van der Waals surface area contributed by atoms with Gasteiger partial charge in [0, 0.05) is 12.1 Å². The summed E-state index contributed by atoms with van der Waals surface area (Å²) in [5.41, 5.74) is 3.10. The third kappa shape index (κ3) is 3.99. The number of benzene rings is 1. The first-order chi connectivity index (χ1) is 11.5. The van der Waals surface area contributed by atoms with Crippen molar-refractivity contribution in [1.82, 2.24) is 15.1 Å². The first-order valence-corrected chi connectivity index (χ1v) is 10.3. The second-order valence-corrected chi connectivity index (χ2v) is 8.86. The smallest absolute Gasteiger partial charge is 0.152 e. The fraction of sp³-hybridized carbons (Fsp3) is 0.471. The molecule has 2 aromatic rings. The molecule has 24 heavy (non-hydrogen) atoms. The molecule has 3 rings (SSSR count). The molecule has 130 valence electrons. The SMILES string of the molecule is Cc1nn([C@H]2CCS(=O)(=O)C2)c(Cl)c1CNCCc1ccccc1. The highest BCUT2D eigenvalue weighted by Crippen LogP contribution is 2.29. The molecule has 1 N–H and O–H groups in total. The Bertz CT molecular complexity index is 803. The number of nitrogens with one attached hydrogen (secondary N) is 1. The van der Waals surface area contributed by atoms with Crippen molar-refractivity contribution in [3.8, 4) is 0 Å². The van der Waals surface area contributed by atoms with E-state index in [2.05, 4.69) is 22.5 Å². The lowest BCUT2D eigenvalue weighted by Gasteiger charge is -2.10. The molecule has 1 atom stereocenters. The van der Waals surface area contributed by atoms with Crippen LogP contribution in [-0.2, 0) is 22.8 Å². The second-order valence-electron chi connectivity index (χ2n) is 6.27. The maximum absolute atomic E-state index is 11.7. The van der Waals surface area contributed by atoms with E-state index >= 15 is 0 Å². The number of halogens is 1. The van der Waals surface area contributed by atoms with Crippen LogP contribution in [0.1, 0.15) is 29.3 Å². The number of nitrogens with zero attached hydrogens (tertiary/aromatic N) is 2. The van der Waals surface area contributed by atoms with Gasteiger partial charge in [-0.2, -0.15) is 5.10 Å². The van der Waals surface area contributed by atoms with E-state index in [1.54, 1.807) is 4.68 Å². The minimum absolute atomic E-state index is 0.134. The zero-order chi connectivity index (χ0) is 17.2. The van der Waals surface area contributed by atoms with Crippen LogP contribution in [0.25, 0.3) is 0 Å². The van der Waals surface area contributed by atoms with Crippen LogP contribution >= 0.6 is 11.6 Å². The summed E-state index contributed by atoms with van der Waals surface area (Å²) in [5.74, 6) is 0.353. The molecule has 1 aromatic carbocycles. The molecule has 0 spiro atoms. The predicted octanol–water partition coefficient (Wildman–Crippen LogP) is 2.54. The number of aryl methyl sites for hydroxylation is 1. The van der Waals surface area contributed by atoms with Crippen molar-refractivity contribution in [2.75, 3.05) is 18.1 Å². The Hall–Kier alpha value is -1.37. The molecule has 1 aliphatic heterocycles. The lowest BCUT2D eigenvalue weighted by molar-refractivity contribution is 0.497. The van der Waals surface area contributed by atoms with Gasteiger partial charge in [0.05, 0.1) is 23.2 Å². The molecule has 0 saturated carbocycles. The van der Waals surface area contributed by atoms with Crippen LogP contribution in [0.15, 0.2) is 30.3 Å². The summed E-state index contributed by atoms with van der Waals surface area (Å²) in [4.78, 5) is 0. The predicted molar refractivity (Wildman–Crippen MR) is 96.1 cm³/mol. The van der Waals surface area contributed by atoms with Gasteiger partial charge in [-0.3, -0.25) is 0 Å². The zero-order valence-electron chi connectivity index (χ0n) is 13.7. The fourth-order valence-corrected chi connectivity index (χ4v) is 5.13. The van der Waals surface area contributed by atoms with Crippen molar-refractivity contribution in [3.05, 3.63) is 52.3 Å². The van der Waals surface area contributed by atoms with E-state index in [4.69, 9.17) is 11.6 Å². The largest absolute Gasteiger partial charge is 0.312 e. The van der Waals surface area contributed by atoms with Crippen LogP contribution < -0.4 is 5.32 Å². The fourth-order valence-electron chi connectivity index (χ4n) is 3.06. The minimum Gasteiger partial charge on any atom is -0.312 e. The van der Waals surface area contributed by atoms with Gasteiger partial charge in [-0.25, -0.2) is 13.1 Å². The minimum atomic E-state index is -2.95. The Kier molecular flexibility index (Phi) is 5.27. The molecular formula is C17H22ClN3O2S. The first-order valence-electron chi connectivity index (χ1n) is 8.15. The lowest BCUT2D eigenvalue weighted by Crippen LogP contribution is -2.17. The monoisotopic (exact) mass is 367 g/mol. The Balaban J connectivity index is 1.60. The van der Waals surface area contributed by atoms with E-state index < -0.39 is 9.84 Å². The molecule has 0 radical (unpaired) electrons. The summed E-state index contributed by atoms with van der Waals surface area (Å²) in [6.45, 7) is 3.40. The second kappa shape index (κ2) is 7.25.